The van der Waals surface area contributed by atoms with Crippen LogP contribution in [0.3, 0.4) is 0 Å². The third-order valence-electron chi connectivity index (χ3n) is 3.26. The summed E-state index contributed by atoms with van der Waals surface area (Å²) in [6.07, 6.45) is 1.78. The molecule has 5 nitrogen and oxygen atoms in total. The van der Waals surface area contributed by atoms with Crippen molar-refractivity contribution in [2.24, 2.45) is 0 Å². The predicted octanol–water partition coefficient (Wildman–Crippen LogP) is 2.16. The van der Waals surface area contributed by atoms with Gasteiger partial charge in [0.25, 0.3) is 0 Å². The number of aliphatic hydroxyl groups excluding tert-OH is 1. The number of hydrogen-bond acceptors (Lipinski definition) is 5. The first-order valence-corrected chi connectivity index (χ1v) is 6.87. The number of nitrogens with one attached hydrogen (secondary N) is 1. The Morgan fingerprint density at radius 3 is 2.76 bits per heavy atom. The maximum atomic E-state index is 10.3. The van der Waals surface area contributed by atoms with Gasteiger partial charge in [-0.2, -0.15) is 0 Å². The summed E-state index contributed by atoms with van der Waals surface area (Å²) < 4.78 is 15.7. The second-order valence-electron chi connectivity index (χ2n) is 4.66. The molecule has 114 valence electrons. The Morgan fingerprint density at radius 1 is 1.24 bits per heavy atom. The van der Waals surface area contributed by atoms with Gasteiger partial charge in [-0.3, -0.25) is 0 Å². The van der Waals surface area contributed by atoms with E-state index in [1.807, 2.05) is 12.1 Å². The highest BCUT2D eigenvalue weighted by atomic mass is 16.5. The van der Waals surface area contributed by atoms with Gasteiger partial charge in [0, 0.05) is 25.1 Å². The van der Waals surface area contributed by atoms with Gasteiger partial charge in [-0.15, -0.1) is 0 Å². The van der Waals surface area contributed by atoms with Gasteiger partial charge in [0.05, 0.1) is 26.6 Å². The summed E-state index contributed by atoms with van der Waals surface area (Å²) in [4.78, 5) is 0. The second-order valence-corrected chi connectivity index (χ2v) is 4.66. The van der Waals surface area contributed by atoms with Crippen molar-refractivity contribution in [3.63, 3.8) is 0 Å². The minimum atomic E-state index is -0.661. The van der Waals surface area contributed by atoms with E-state index in [1.165, 1.54) is 0 Å². The summed E-state index contributed by atoms with van der Waals surface area (Å²) in [5, 5.41) is 13.5. The van der Waals surface area contributed by atoms with E-state index in [1.54, 1.807) is 38.7 Å². The van der Waals surface area contributed by atoms with E-state index in [2.05, 4.69) is 5.32 Å². The van der Waals surface area contributed by atoms with Crippen LogP contribution < -0.4 is 14.8 Å². The van der Waals surface area contributed by atoms with Crippen molar-refractivity contribution < 1.29 is 19.0 Å². The summed E-state index contributed by atoms with van der Waals surface area (Å²) in [6, 6.07) is 9.19. The van der Waals surface area contributed by atoms with Crippen molar-refractivity contribution in [3.8, 4) is 11.5 Å². The Labute approximate surface area is 124 Å². The predicted molar refractivity (Wildman–Crippen MR) is 79.8 cm³/mol. The fraction of sp³-hybridized carbons (Fsp3) is 0.375. The number of methoxy groups -OCH3 is 2. The van der Waals surface area contributed by atoms with E-state index in [-0.39, 0.29) is 0 Å². The highest BCUT2D eigenvalue weighted by Gasteiger charge is 2.14. The Bertz CT molecular complexity index is 539. The first kappa shape index (κ1) is 15.4. The molecule has 1 aromatic carbocycles. The second kappa shape index (κ2) is 7.71. The zero-order valence-corrected chi connectivity index (χ0v) is 12.3. The molecule has 0 saturated heterocycles. The SMILES string of the molecule is COc1ccc(OC)c(C(O)CNCCc2ccco2)c1. The van der Waals surface area contributed by atoms with E-state index in [4.69, 9.17) is 13.9 Å². The van der Waals surface area contributed by atoms with Crippen LogP contribution >= 0.6 is 0 Å². The molecule has 0 radical (unpaired) electrons. The third kappa shape index (κ3) is 4.24. The number of benzene rings is 1. The largest absolute Gasteiger partial charge is 0.497 e. The molecule has 1 unspecified atom stereocenters. The van der Waals surface area contributed by atoms with E-state index >= 15 is 0 Å². The highest BCUT2D eigenvalue weighted by molar-refractivity contribution is 5.41. The number of furan rings is 1. The molecule has 1 heterocycles. The zero-order valence-electron chi connectivity index (χ0n) is 12.3. The maximum Gasteiger partial charge on any atom is 0.124 e. The standard InChI is InChI=1S/C16H21NO4/c1-19-13-5-6-16(20-2)14(10-13)15(18)11-17-8-7-12-4-3-9-21-12/h3-6,9-10,15,17-18H,7-8,11H2,1-2H3. The van der Waals surface area contributed by atoms with Crippen molar-refractivity contribution >= 4 is 0 Å². The smallest absolute Gasteiger partial charge is 0.124 e. The van der Waals surface area contributed by atoms with Gasteiger partial charge in [-0.1, -0.05) is 0 Å². The monoisotopic (exact) mass is 291 g/mol. The number of rotatable bonds is 8. The fourth-order valence-electron chi connectivity index (χ4n) is 2.11. The van der Waals surface area contributed by atoms with Gasteiger partial charge in [0.2, 0.25) is 0 Å². The Kier molecular flexibility index (Phi) is 5.66. The quantitative estimate of drug-likeness (QED) is 0.730. The molecule has 1 aromatic heterocycles. The molecule has 0 amide bonds. The number of hydrogen-bond donors (Lipinski definition) is 2. The Hall–Kier alpha value is -1.98. The van der Waals surface area contributed by atoms with Gasteiger partial charge >= 0.3 is 0 Å². The normalized spacial score (nSPS) is 12.1. The number of aliphatic hydroxyl groups is 1. The van der Waals surface area contributed by atoms with Crippen molar-refractivity contribution in [1.82, 2.24) is 5.32 Å². The number of ether oxygens (including phenoxy) is 2. The lowest BCUT2D eigenvalue weighted by molar-refractivity contribution is 0.170. The summed E-state index contributed by atoms with van der Waals surface area (Å²) >= 11 is 0. The topological polar surface area (TPSA) is 63.9 Å². The summed E-state index contributed by atoms with van der Waals surface area (Å²) in [5.74, 6) is 2.27. The molecule has 2 N–H and O–H groups in total. The van der Waals surface area contributed by atoms with E-state index in [9.17, 15) is 5.11 Å². The fourth-order valence-corrected chi connectivity index (χ4v) is 2.11. The maximum absolute atomic E-state index is 10.3. The molecule has 0 fully saturated rings. The van der Waals surface area contributed by atoms with Crippen LogP contribution in [0.25, 0.3) is 0 Å². The Morgan fingerprint density at radius 2 is 2.10 bits per heavy atom. The lowest BCUT2D eigenvalue weighted by Gasteiger charge is -2.16. The van der Waals surface area contributed by atoms with Crippen LogP contribution in [0.15, 0.2) is 41.0 Å². The van der Waals surface area contributed by atoms with Gasteiger partial charge in [0.1, 0.15) is 17.3 Å². The van der Waals surface area contributed by atoms with Crippen LogP contribution in [0, 0.1) is 0 Å². The molecule has 0 aliphatic rings. The third-order valence-corrected chi connectivity index (χ3v) is 3.26. The molecule has 0 saturated carbocycles. The molecule has 0 bridgehead atoms. The average molecular weight is 291 g/mol. The first-order chi connectivity index (χ1) is 10.2. The summed E-state index contributed by atoms with van der Waals surface area (Å²) in [5.41, 5.74) is 0.711. The molecule has 2 aromatic rings. The Balaban J connectivity index is 1.88. The molecule has 21 heavy (non-hydrogen) atoms. The molecular weight excluding hydrogens is 270 g/mol. The summed E-state index contributed by atoms with van der Waals surface area (Å²) in [6.45, 7) is 1.17. The van der Waals surface area contributed by atoms with Crippen LogP contribution in [0.2, 0.25) is 0 Å². The lowest BCUT2D eigenvalue weighted by Crippen LogP contribution is -2.24. The zero-order chi connectivity index (χ0) is 15.1. The van der Waals surface area contributed by atoms with Crippen LogP contribution in [0.1, 0.15) is 17.4 Å². The van der Waals surface area contributed by atoms with Gasteiger partial charge in [-0.25, -0.2) is 0 Å². The van der Waals surface area contributed by atoms with Crippen molar-refractivity contribution in [2.75, 3.05) is 27.3 Å². The molecule has 1 atom stereocenters. The first-order valence-electron chi connectivity index (χ1n) is 6.87. The van der Waals surface area contributed by atoms with Gasteiger partial charge in [0.15, 0.2) is 0 Å². The van der Waals surface area contributed by atoms with Crippen LogP contribution in [0.5, 0.6) is 11.5 Å². The molecular formula is C16H21NO4. The molecule has 5 heteroatoms. The van der Waals surface area contributed by atoms with E-state index in [0.29, 0.717) is 23.6 Å². The molecule has 2 rings (SSSR count). The minimum Gasteiger partial charge on any atom is -0.497 e. The molecule has 0 aliphatic carbocycles. The molecule has 0 aliphatic heterocycles. The van der Waals surface area contributed by atoms with Crippen LogP contribution in [-0.2, 0) is 6.42 Å². The van der Waals surface area contributed by atoms with Crippen molar-refractivity contribution in [3.05, 3.63) is 47.9 Å². The minimum absolute atomic E-state index is 0.435. The molecule has 0 spiro atoms. The lowest BCUT2D eigenvalue weighted by atomic mass is 10.1. The summed E-state index contributed by atoms with van der Waals surface area (Å²) in [7, 11) is 3.18. The van der Waals surface area contributed by atoms with Crippen molar-refractivity contribution in [2.45, 2.75) is 12.5 Å². The average Bonchev–Trinajstić information content (AvgIpc) is 3.04. The van der Waals surface area contributed by atoms with Gasteiger partial charge in [-0.05, 0) is 30.3 Å². The highest BCUT2D eigenvalue weighted by Crippen LogP contribution is 2.28. The van der Waals surface area contributed by atoms with E-state index in [0.717, 1.165) is 18.7 Å². The van der Waals surface area contributed by atoms with Crippen molar-refractivity contribution in [1.29, 1.82) is 0 Å². The van der Waals surface area contributed by atoms with Crippen LogP contribution in [0.4, 0.5) is 0 Å². The van der Waals surface area contributed by atoms with Crippen LogP contribution in [-0.4, -0.2) is 32.4 Å². The van der Waals surface area contributed by atoms with E-state index < -0.39 is 6.10 Å². The van der Waals surface area contributed by atoms with Gasteiger partial charge < -0.3 is 24.3 Å².